The zero-order chi connectivity index (χ0) is 70.1. The molecule has 0 unspecified atom stereocenters. The average molecular weight is 1350 g/mol. The van der Waals surface area contributed by atoms with E-state index in [2.05, 4.69) is 27.7 Å². The Hall–Kier alpha value is -8.96. The van der Waals surface area contributed by atoms with Gasteiger partial charge in [-0.25, -0.2) is 38.4 Å². The number of carbonyl (C=O) groups is 8. The molecule has 0 aliphatic heterocycles. The number of aliphatic carboxylic acids is 8. The number of rotatable bonds is 48. The number of benzene rings is 4. The summed E-state index contributed by atoms with van der Waals surface area (Å²) in [6.45, 7) is 0.810. The smallest absolute Gasteiger partial charge is 0.341 e. The molecule has 96 heavy (non-hydrogen) atoms. The van der Waals surface area contributed by atoms with Crippen LogP contribution in [0.2, 0.25) is 0 Å². The van der Waals surface area contributed by atoms with E-state index in [1.807, 2.05) is 0 Å². The van der Waals surface area contributed by atoms with Gasteiger partial charge in [0.2, 0.25) is 0 Å². The molecule has 24 heteroatoms. The fourth-order valence-corrected chi connectivity index (χ4v) is 12.4. The molecule has 24 nitrogen and oxygen atoms in total. The summed E-state index contributed by atoms with van der Waals surface area (Å²) in [6, 6.07) is 12.4. The van der Waals surface area contributed by atoms with Crippen molar-refractivity contribution in [2.45, 2.75) is 205 Å². The molecule has 0 saturated heterocycles. The molecule has 0 spiro atoms. The summed E-state index contributed by atoms with van der Waals surface area (Å²) in [7, 11) is 0. The van der Waals surface area contributed by atoms with Crippen molar-refractivity contribution in [3.05, 3.63) is 93.0 Å². The lowest BCUT2D eigenvalue weighted by atomic mass is 9.76. The SMILES string of the molecule is CCCCCCCC1c2cc(c(OCC(=O)O)cc2OCC(=O)O)C(CCCCCCC)c2cc(c(OCC(=O)O)cc2OCC(=O)O)C(CCCCCCC)c2cc(c(OCC(=O)O)cc2OCC(=O)O)C(CCCCCCC)c2cc1c(OCC(=O)O)cc2OCC(=O)O. The van der Waals surface area contributed by atoms with Crippen molar-refractivity contribution in [2.24, 2.45) is 0 Å². The normalized spacial score (nSPS) is 14.8. The highest BCUT2D eigenvalue weighted by Gasteiger charge is 2.36. The van der Waals surface area contributed by atoms with E-state index < -0.39 is 124 Å². The molecule has 4 aromatic carbocycles. The van der Waals surface area contributed by atoms with Gasteiger partial charge in [0, 0.05) is 92.4 Å². The van der Waals surface area contributed by atoms with E-state index in [-0.39, 0.29) is 116 Å². The fraction of sp³-hybridized carbons (Fsp3) is 0.556. The number of fused-ring (bicyclic) bond motifs is 8. The van der Waals surface area contributed by atoms with E-state index in [0.29, 0.717) is 51.4 Å². The maximum absolute atomic E-state index is 12.7. The Morgan fingerprint density at radius 2 is 0.365 bits per heavy atom. The van der Waals surface area contributed by atoms with Gasteiger partial charge >= 0.3 is 47.8 Å². The maximum Gasteiger partial charge on any atom is 0.341 e. The van der Waals surface area contributed by atoms with Crippen LogP contribution in [0.15, 0.2) is 48.5 Å². The van der Waals surface area contributed by atoms with Gasteiger partial charge in [-0.3, -0.25) is 0 Å². The molecule has 0 fully saturated rings. The van der Waals surface area contributed by atoms with Gasteiger partial charge in [0.15, 0.2) is 52.9 Å². The summed E-state index contributed by atoms with van der Waals surface area (Å²) >= 11 is 0. The van der Waals surface area contributed by atoms with E-state index in [9.17, 15) is 79.2 Å². The molecule has 0 saturated carbocycles. The first-order chi connectivity index (χ1) is 46.1. The van der Waals surface area contributed by atoms with Crippen LogP contribution in [0.3, 0.4) is 0 Å². The standard InChI is InChI=1S/C72H96O24/c1-5-9-13-17-21-25-45-49-29-51(59(91-39-67(77)78)33-57(49)89-37-65(73)74)46(26-22-18-14-10-6-2)53-31-55(63(95-43-71(85)86)35-61(53)93-41-69(81)82)48(28-24-20-16-12-8-4)56-32-54(62(94-42-70(83)84)36-64(56)96-44-72(87)88)47(27-23-19-15-11-7-3)52-30-50(45)58(90-38-66(75)76)34-60(52)92-40-68(79)80/h29-36,45-48H,5-28,37-44H2,1-4H3,(H,73,74)(H,75,76)(H,77,78)(H,79,80)(H,81,82)(H,83,84)(H,85,86)(H,87,88). The zero-order valence-corrected chi connectivity index (χ0v) is 55.7. The van der Waals surface area contributed by atoms with Gasteiger partial charge in [-0.15, -0.1) is 0 Å². The Kier molecular flexibility index (Phi) is 33.3. The summed E-state index contributed by atoms with van der Waals surface area (Å²) in [5, 5.41) is 82.6. The highest BCUT2D eigenvalue weighted by Crippen LogP contribution is 2.54. The predicted molar refractivity (Wildman–Crippen MR) is 352 cm³/mol. The molecule has 528 valence electrons. The number of hydrogen-bond donors (Lipinski definition) is 8. The van der Waals surface area contributed by atoms with E-state index in [1.165, 1.54) is 24.3 Å². The van der Waals surface area contributed by atoms with Crippen LogP contribution < -0.4 is 37.9 Å². The predicted octanol–water partition coefficient (Wildman–Crippen LogP) is 13.7. The molecule has 0 atom stereocenters. The summed E-state index contributed by atoms with van der Waals surface area (Å²) in [5.74, 6) is -15.8. The highest BCUT2D eigenvalue weighted by atomic mass is 16.5. The lowest BCUT2D eigenvalue weighted by Gasteiger charge is -2.32. The topological polar surface area (TPSA) is 372 Å². The van der Waals surface area contributed by atoms with Crippen LogP contribution in [0, 0.1) is 0 Å². The average Bonchev–Trinajstić information content (AvgIpc) is 0.752. The third kappa shape index (κ3) is 25.0. The van der Waals surface area contributed by atoms with Gasteiger partial charge in [0.25, 0.3) is 0 Å². The minimum absolute atomic E-state index is 0.0955. The van der Waals surface area contributed by atoms with Gasteiger partial charge in [-0.2, -0.15) is 0 Å². The zero-order valence-electron chi connectivity index (χ0n) is 55.7. The molecule has 8 bridgehead atoms. The molecule has 1 aliphatic carbocycles. The second-order valence-electron chi connectivity index (χ2n) is 24.2. The van der Waals surface area contributed by atoms with Crippen molar-refractivity contribution in [1.82, 2.24) is 0 Å². The maximum atomic E-state index is 12.7. The first-order valence-corrected chi connectivity index (χ1v) is 33.6. The van der Waals surface area contributed by atoms with Gasteiger partial charge < -0.3 is 78.7 Å². The van der Waals surface area contributed by atoms with Crippen LogP contribution in [0.5, 0.6) is 46.0 Å². The minimum atomic E-state index is -1.39. The van der Waals surface area contributed by atoms with Gasteiger partial charge in [0.05, 0.1) is 0 Å². The van der Waals surface area contributed by atoms with Crippen molar-refractivity contribution < 1.29 is 117 Å². The number of carboxylic acids is 8. The number of hydrogen-bond acceptors (Lipinski definition) is 16. The molecule has 8 N–H and O–H groups in total. The van der Waals surface area contributed by atoms with Crippen LogP contribution in [0.1, 0.15) is 250 Å². The van der Waals surface area contributed by atoms with Crippen LogP contribution in [0.4, 0.5) is 0 Å². The minimum Gasteiger partial charge on any atom is -0.481 e. The van der Waals surface area contributed by atoms with E-state index in [4.69, 9.17) is 37.9 Å². The molecule has 0 amide bonds. The second kappa shape index (κ2) is 41.1. The van der Waals surface area contributed by atoms with Crippen molar-refractivity contribution in [3.8, 4) is 46.0 Å². The Morgan fingerprint density at radius 3 is 0.490 bits per heavy atom. The molecular weight excluding hydrogens is 1250 g/mol. The third-order valence-electron chi connectivity index (χ3n) is 16.8. The first-order valence-electron chi connectivity index (χ1n) is 33.6. The van der Waals surface area contributed by atoms with Crippen molar-refractivity contribution in [1.29, 1.82) is 0 Å². The molecule has 0 radical (unpaired) electrons. The van der Waals surface area contributed by atoms with Crippen LogP contribution in [0.25, 0.3) is 0 Å². The number of carboxylic acid groups (broad SMARTS) is 8. The molecule has 4 aromatic rings. The van der Waals surface area contributed by atoms with E-state index in [1.54, 1.807) is 24.3 Å². The monoisotopic (exact) mass is 1340 g/mol. The summed E-state index contributed by atoms with van der Waals surface area (Å²) < 4.78 is 50.1. The highest BCUT2D eigenvalue weighted by molar-refractivity contribution is 5.74. The van der Waals surface area contributed by atoms with Gasteiger partial charge in [-0.05, 0) is 49.9 Å². The fourth-order valence-electron chi connectivity index (χ4n) is 12.4. The van der Waals surface area contributed by atoms with Crippen LogP contribution in [-0.2, 0) is 38.4 Å². The lowest BCUT2D eigenvalue weighted by Crippen LogP contribution is -2.20. The Morgan fingerprint density at radius 1 is 0.229 bits per heavy atom. The number of unbranched alkanes of at least 4 members (excludes halogenated alkanes) is 16. The summed E-state index contributed by atoms with van der Waals surface area (Å²) in [4.78, 5) is 102. The quantitative estimate of drug-likeness (QED) is 0.0190. The molecular formula is C72H96O24. The third-order valence-corrected chi connectivity index (χ3v) is 16.8. The van der Waals surface area contributed by atoms with Crippen LogP contribution in [-0.4, -0.2) is 141 Å². The Balaban J connectivity index is 2.29. The van der Waals surface area contributed by atoms with E-state index >= 15 is 0 Å². The summed E-state index contributed by atoms with van der Waals surface area (Å²) in [6.07, 6.45) is 15.5. The van der Waals surface area contributed by atoms with Gasteiger partial charge in [-0.1, -0.05) is 156 Å². The Labute approximate surface area is 560 Å². The van der Waals surface area contributed by atoms with Gasteiger partial charge in [0.1, 0.15) is 46.0 Å². The second-order valence-corrected chi connectivity index (χ2v) is 24.2. The molecule has 0 aromatic heterocycles. The Bertz CT molecular complexity index is 2640. The first kappa shape index (κ1) is 77.7. The van der Waals surface area contributed by atoms with Crippen LogP contribution >= 0.6 is 0 Å². The van der Waals surface area contributed by atoms with Crippen molar-refractivity contribution >= 4 is 47.8 Å². The van der Waals surface area contributed by atoms with E-state index in [0.717, 1.165) is 77.0 Å². The summed E-state index contributed by atoms with van der Waals surface area (Å²) in [5.41, 5.74) is 2.23. The largest absolute Gasteiger partial charge is 0.481 e. The molecule has 0 heterocycles. The molecule has 5 rings (SSSR count). The lowest BCUT2D eigenvalue weighted by molar-refractivity contribution is -0.140. The number of ether oxygens (including phenoxy) is 8. The molecule has 1 aliphatic rings. The van der Waals surface area contributed by atoms with Crippen molar-refractivity contribution in [2.75, 3.05) is 52.9 Å². The van der Waals surface area contributed by atoms with Crippen molar-refractivity contribution in [3.63, 3.8) is 0 Å².